The van der Waals surface area contributed by atoms with Crippen molar-refractivity contribution in [1.82, 2.24) is 25.3 Å². The van der Waals surface area contributed by atoms with Crippen LogP contribution >= 0.6 is 23.1 Å². The van der Waals surface area contributed by atoms with Gasteiger partial charge in [0, 0.05) is 18.5 Å². The first-order valence-electron chi connectivity index (χ1n) is 7.32. The fourth-order valence-electron chi connectivity index (χ4n) is 2.18. The van der Waals surface area contributed by atoms with Gasteiger partial charge in [0.1, 0.15) is 5.01 Å². The number of hydrogen-bond acceptors (Lipinski definition) is 6. The van der Waals surface area contributed by atoms with E-state index in [1.54, 1.807) is 0 Å². The third-order valence-corrected chi connectivity index (χ3v) is 5.23. The average Bonchev–Trinajstić information content (AvgIpc) is 3.16. The SMILES string of the molecule is Cc1nnc(SCC(=O)NCCCn2ncc3ccccc32)s1. The number of nitrogens with zero attached hydrogens (tertiary/aromatic N) is 4. The summed E-state index contributed by atoms with van der Waals surface area (Å²) in [4.78, 5) is 11.8. The highest BCUT2D eigenvalue weighted by molar-refractivity contribution is 8.01. The van der Waals surface area contributed by atoms with Crippen LogP contribution in [0.2, 0.25) is 0 Å². The highest BCUT2D eigenvalue weighted by Gasteiger charge is 2.06. The van der Waals surface area contributed by atoms with E-state index >= 15 is 0 Å². The molecule has 0 radical (unpaired) electrons. The van der Waals surface area contributed by atoms with Gasteiger partial charge in [-0.1, -0.05) is 41.3 Å². The monoisotopic (exact) mass is 347 g/mol. The van der Waals surface area contributed by atoms with Gasteiger partial charge < -0.3 is 5.32 Å². The Morgan fingerprint density at radius 1 is 1.35 bits per heavy atom. The Bertz CT molecular complexity index is 798. The number of rotatable bonds is 7. The van der Waals surface area contributed by atoms with Gasteiger partial charge in [-0.25, -0.2) is 0 Å². The molecule has 3 rings (SSSR count). The summed E-state index contributed by atoms with van der Waals surface area (Å²) in [6.07, 6.45) is 2.72. The summed E-state index contributed by atoms with van der Waals surface area (Å²) in [7, 11) is 0. The van der Waals surface area contributed by atoms with Gasteiger partial charge in [-0.3, -0.25) is 9.48 Å². The number of thioether (sulfide) groups is 1. The summed E-state index contributed by atoms with van der Waals surface area (Å²) in [6, 6.07) is 8.12. The van der Waals surface area contributed by atoms with E-state index in [0.29, 0.717) is 12.3 Å². The van der Waals surface area contributed by atoms with Crippen molar-refractivity contribution in [2.75, 3.05) is 12.3 Å². The van der Waals surface area contributed by atoms with Gasteiger partial charge in [0.05, 0.1) is 17.5 Å². The van der Waals surface area contributed by atoms with Crippen LogP contribution in [0.4, 0.5) is 0 Å². The first-order chi connectivity index (χ1) is 11.2. The maximum Gasteiger partial charge on any atom is 0.230 e. The van der Waals surface area contributed by atoms with Crippen LogP contribution in [0.15, 0.2) is 34.8 Å². The number of fused-ring (bicyclic) bond motifs is 1. The topological polar surface area (TPSA) is 72.7 Å². The maximum absolute atomic E-state index is 11.8. The lowest BCUT2D eigenvalue weighted by molar-refractivity contribution is -0.118. The summed E-state index contributed by atoms with van der Waals surface area (Å²) in [6.45, 7) is 3.33. The molecule has 0 bridgehead atoms. The van der Waals surface area contributed by atoms with Crippen molar-refractivity contribution in [3.63, 3.8) is 0 Å². The molecule has 2 aromatic heterocycles. The minimum atomic E-state index is 0.0215. The van der Waals surface area contributed by atoms with Crippen LogP contribution in [-0.4, -0.2) is 38.2 Å². The Morgan fingerprint density at radius 3 is 3.04 bits per heavy atom. The highest BCUT2D eigenvalue weighted by atomic mass is 32.2. The van der Waals surface area contributed by atoms with Crippen molar-refractivity contribution in [3.8, 4) is 0 Å². The molecule has 0 atom stereocenters. The molecular weight excluding hydrogens is 330 g/mol. The van der Waals surface area contributed by atoms with Crippen LogP contribution in [-0.2, 0) is 11.3 Å². The van der Waals surface area contributed by atoms with Gasteiger partial charge >= 0.3 is 0 Å². The lowest BCUT2D eigenvalue weighted by Crippen LogP contribution is -2.26. The molecule has 0 fully saturated rings. The number of nitrogens with one attached hydrogen (secondary N) is 1. The molecule has 6 nitrogen and oxygen atoms in total. The molecule has 1 N–H and O–H groups in total. The zero-order valence-corrected chi connectivity index (χ0v) is 14.4. The van der Waals surface area contributed by atoms with Crippen molar-refractivity contribution < 1.29 is 4.79 Å². The molecule has 0 saturated carbocycles. The minimum absolute atomic E-state index is 0.0215. The van der Waals surface area contributed by atoms with E-state index in [2.05, 4.69) is 26.7 Å². The van der Waals surface area contributed by atoms with E-state index < -0.39 is 0 Å². The number of carbonyl (C=O) groups is 1. The largest absolute Gasteiger partial charge is 0.355 e. The summed E-state index contributed by atoms with van der Waals surface area (Å²) in [5.41, 5.74) is 1.13. The second-order valence-corrected chi connectivity index (χ2v) is 7.41. The zero-order valence-electron chi connectivity index (χ0n) is 12.7. The van der Waals surface area contributed by atoms with Crippen molar-refractivity contribution in [1.29, 1.82) is 0 Å². The van der Waals surface area contributed by atoms with Crippen LogP contribution in [0, 0.1) is 6.92 Å². The van der Waals surface area contributed by atoms with Gasteiger partial charge in [0.15, 0.2) is 4.34 Å². The Kier molecular flexibility index (Phi) is 5.24. The first kappa shape index (κ1) is 15.9. The van der Waals surface area contributed by atoms with Gasteiger partial charge in [-0.05, 0) is 19.4 Å². The molecule has 2 heterocycles. The fourth-order valence-corrected chi connectivity index (χ4v) is 3.82. The number of amides is 1. The summed E-state index contributed by atoms with van der Waals surface area (Å²) < 4.78 is 2.81. The number of aromatic nitrogens is 4. The Morgan fingerprint density at radius 2 is 2.22 bits per heavy atom. The van der Waals surface area contributed by atoms with Crippen molar-refractivity contribution in [2.45, 2.75) is 24.2 Å². The molecule has 0 spiro atoms. The van der Waals surface area contributed by atoms with Gasteiger partial charge in [0.2, 0.25) is 5.91 Å². The van der Waals surface area contributed by atoms with Crippen molar-refractivity contribution in [3.05, 3.63) is 35.5 Å². The Balaban J connectivity index is 1.38. The molecule has 23 heavy (non-hydrogen) atoms. The molecule has 1 amide bonds. The Labute approximate surface area is 142 Å². The van der Waals surface area contributed by atoms with E-state index in [-0.39, 0.29) is 5.91 Å². The maximum atomic E-state index is 11.8. The number of benzene rings is 1. The van der Waals surface area contributed by atoms with E-state index in [1.807, 2.05) is 36.0 Å². The average molecular weight is 347 g/mol. The number of hydrogen-bond donors (Lipinski definition) is 1. The van der Waals surface area contributed by atoms with Crippen LogP contribution < -0.4 is 5.32 Å². The van der Waals surface area contributed by atoms with Gasteiger partial charge in [0.25, 0.3) is 0 Å². The van der Waals surface area contributed by atoms with Crippen LogP contribution in [0.1, 0.15) is 11.4 Å². The lowest BCUT2D eigenvalue weighted by atomic mass is 10.2. The molecule has 8 heteroatoms. The standard InChI is InChI=1S/C15H17N5OS2/c1-11-18-19-15(23-11)22-10-14(21)16-7-4-8-20-13-6-3-2-5-12(13)9-17-20/h2-3,5-6,9H,4,7-8,10H2,1H3,(H,16,21). The van der Waals surface area contributed by atoms with Gasteiger partial charge in [-0.15, -0.1) is 10.2 Å². The van der Waals surface area contributed by atoms with E-state index in [0.717, 1.165) is 33.2 Å². The van der Waals surface area contributed by atoms with Crippen LogP contribution in [0.3, 0.4) is 0 Å². The summed E-state index contributed by atoms with van der Waals surface area (Å²) >= 11 is 2.93. The Hall–Kier alpha value is -1.93. The van der Waals surface area contributed by atoms with Crippen LogP contribution in [0.5, 0.6) is 0 Å². The molecule has 0 saturated heterocycles. The summed E-state index contributed by atoms with van der Waals surface area (Å²) in [5.74, 6) is 0.396. The zero-order chi connectivity index (χ0) is 16.1. The third kappa shape index (κ3) is 4.29. The molecule has 120 valence electrons. The molecule has 0 aliphatic heterocycles. The first-order valence-corrected chi connectivity index (χ1v) is 9.13. The fraction of sp³-hybridized carbons (Fsp3) is 0.333. The number of para-hydroxylation sites is 1. The second kappa shape index (κ2) is 7.56. The normalized spacial score (nSPS) is 11.0. The summed E-state index contributed by atoms with van der Waals surface area (Å²) in [5, 5.41) is 17.3. The van der Waals surface area contributed by atoms with E-state index in [1.165, 1.54) is 23.1 Å². The smallest absolute Gasteiger partial charge is 0.230 e. The minimum Gasteiger partial charge on any atom is -0.355 e. The highest BCUT2D eigenvalue weighted by Crippen LogP contribution is 2.21. The van der Waals surface area contributed by atoms with E-state index in [4.69, 9.17) is 0 Å². The molecule has 0 aliphatic rings. The number of aryl methyl sites for hydroxylation is 2. The lowest BCUT2D eigenvalue weighted by Gasteiger charge is -2.05. The quantitative estimate of drug-likeness (QED) is 0.525. The predicted octanol–water partition coefficient (Wildman–Crippen LogP) is 2.49. The molecule has 0 aliphatic carbocycles. The second-order valence-electron chi connectivity index (χ2n) is 5.01. The molecule has 3 aromatic rings. The van der Waals surface area contributed by atoms with Crippen molar-refractivity contribution in [2.24, 2.45) is 0 Å². The number of carbonyl (C=O) groups excluding carboxylic acids is 1. The van der Waals surface area contributed by atoms with Crippen molar-refractivity contribution >= 4 is 39.9 Å². The van der Waals surface area contributed by atoms with E-state index in [9.17, 15) is 4.79 Å². The van der Waals surface area contributed by atoms with Gasteiger partial charge in [-0.2, -0.15) is 5.10 Å². The third-order valence-electron chi connectivity index (χ3n) is 3.25. The molecule has 0 unspecified atom stereocenters. The van der Waals surface area contributed by atoms with Crippen LogP contribution in [0.25, 0.3) is 10.9 Å². The predicted molar refractivity (Wildman–Crippen MR) is 92.7 cm³/mol. The molecular formula is C15H17N5OS2. The molecule has 1 aromatic carbocycles.